The third-order valence-electron chi connectivity index (χ3n) is 3.57. The minimum atomic E-state index is -0.770. The van der Waals surface area contributed by atoms with E-state index in [9.17, 15) is 14.4 Å². The van der Waals surface area contributed by atoms with Crippen LogP contribution in [0.5, 0.6) is 0 Å². The van der Waals surface area contributed by atoms with Gasteiger partial charge in [-0.3, -0.25) is 14.4 Å². The lowest BCUT2D eigenvalue weighted by molar-refractivity contribution is -0.136. The number of nitrogens with one attached hydrogen (secondary N) is 1. The molecule has 2 rings (SSSR count). The molecule has 2 aromatic rings. The molecular formula is C20H19NO3. The molecule has 0 unspecified atom stereocenters. The van der Waals surface area contributed by atoms with Crippen molar-refractivity contribution in [3.05, 3.63) is 71.3 Å². The van der Waals surface area contributed by atoms with Crippen molar-refractivity contribution in [1.29, 1.82) is 0 Å². The van der Waals surface area contributed by atoms with Gasteiger partial charge in [-0.05, 0) is 36.6 Å². The number of anilines is 1. The molecule has 122 valence electrons. The van der Waals surface area contributed by atoms with Gasteiger partial charge in [-0.25, -0.2) is 0 Å². The standard InChI is InChI=1S/C20H19NO3/c1-14-7-6-8-15(2)19(14)21-20(24)18(23)13-17(22)12-11-16-9-4-3-5-10-16/h3-12H,13H2,1-2H3,(H,21,24)/b12-11-. The number of carbonyl (C=O) groups is 3. The molecule has 0 saturated carbocycles. The van der Waals surface area contributed by atoms with Gasteiger partial charge in [0.15, 0.2) is 5.78 Å². The second-order valence-corrected chi connectivity index (χ2v) is 5.53. The first-order valence-electron chi connectivity index (χ1n) is 7.63. The molecule has 0 atom stereocenters. The number of hydrogen-bond donors (Lipinski definition) is 1. The van der Waals surface area contributed by atoms with Crippen LogP contribution in [0.3, 0.4) is 0 Å². The SMILES string of the molecule is Cc1cccc(C)c1NC(=O)C(=O)CC(=O)/C=C\c1ccccc1. The van der Waals surface area contributed by atoms with Crippen LogP contribution in [-0.2, 0) is 14.4 Å². The van der Waals surface area contributed by atoms with E-state index in [0.29, 0.717) is 5.69 Å². The Labute approximate surface area is 141 Å². The van der Waals surface area contributed by atoms with Gasteiger partial charge in [0.05, 0.1) is 6.42 Å². The lowest BCUT2D eigenvalue weighted by Crippen LogP contribution is -2.25. The number of aryl methyl sites for hydroxylation is 2. The molecule has 1 amide bonds. The van der Waals surface area contributed by atoms with Gasteiger partial charge in [0.2, 0.25) is 5.78 Å². The molecule has 0 heterocycles. The van der Waals surface area contributed by atoms with Crippen LogP contribution < -0.4 is 5.32 Å². The average Bonchev–Trinajstić information content (AvgIpc) is 2.57. The third kappa shape index (κ3) is 4.74. The first kappa shape index (κ1) is 17.3. The Morgan fingerprint density at radius 1 is 0.917 bits per heavy atom. The van der Waals surface area contributed by atoms with Crippen LogP contribution >= 0.6 is 0 Å². The maximum atomic E-state index is 12.0. The van der Waals surface area contributed by atoms with Crippen LogP contribution in [0.4, 0.5) is 5.69 Å². The zero-order chi connectivity index (χ0) is 17.5. The van der Waals surface area contributed by atoms with E-state index < -0.39 is 23.9 Å². The zero-order valence-corrected chi connectivity index (χ0v) is 13.7. The summed E-state index contributed by atoms with van der Waals surface area (Å²) in [5, 5.41) is 2.59. The van der Waals surface area contributed by atoms with E-state index >= 15 is 0 Å². The first-order valence-corrected chi connectivity index (χ1v) is 7.63. The largest absolute Gasteiger partial charge is 0.319 e. The van der Waals surface area contributed by atoms with E-state index in [1.54, 1.807) is 6.08 Å². The van der Waals surface area contributed by atoms with Gasteiger partial charge in [-0.15, -0.1) is 0 Å². The van der Waals surface area contributed by atoms with Crippen LogP contribution in [0.25, 0.3) is 6.08 Å². The average molecular weight is 321 g/mol. The monoisotopic (exact) mass is 321 g/mol. The maximum Gasteiger partial charge on any atom is 0.292 e. The number of hydrogen-bond acceptors (Lipinski definition) is 3. The van der Waals surface area contributed by atoms with Crippen LogP contribution in [0.15, 0.2) is 54.6 Å². The van der Waals surface area contributed by atoms with Crippen molar-refractivity contribution in [1.82, 2.24) is 0 Å². The molecule has 0 bridgehead atoms. The number of para-hydroxylation sites is 1. The number of carbonyl (C=O) groups excluding carboxylic acids is 3. The highest BCUT2D eigenvalue weighted by Crippen LogP contribution is 2.19. The molecule has 4 heteroatoms. The molecule has 4 nitrogen and oxygen atoms in total. The molecular weight excluding hydrogens is 302 g/mol. The molecule has 0 aliphatic heterocycles. The van der Waals surface area contributed by atoms with Gasteiger partial charge >= 0.3 is 0 Å². The van der Waals surface area contributed by atoms with Crippen molar-refractivity contribution in [3.8, 4) is 0 Å². The van der Waals surface area contributed by atoms with Crippen molar-refractivity contribution in [2.75, 3.05) is 5.32 Å². The zero-order valence-electron chi connectivity index (χ0n) is 13.7. The maximum absolute atomic E-state index is 12.0. The molecule has 1 N–H and O–H groups in total. The molecule has 2 aromatic carbocycles. The van der Waals surface area contributed by atoms with Gasteiger partial charge in [0, 0.05) is 5.69 Å². The predicted octanol–water partition coefficient (Wildman–Crippen LogP) is 3.48. The Morgan fingerprint density at radius 3 is 2.17 bits per heavy atom. The van der Waals surface area contributed by atoms with Crippen LogP contribution in [0.2, 0.25) is 0 Å². The van der Waals surface area contributed by atoms with Crippen LogP contribution in [0.1, 0.15) is 23.1 Å². The molecule has 0 aliphatic carbocycles. The van der Waals surface area contributed by atoms with E-state index in [-0.39, 0.29) is 0 Å². The number of amides is 1. The molecule has 0 fully saturated rings. The van der Waals surface area contributed by atoms with E-state index in [1.165, 1.54) is 6.08 Å². The molecule has 0 aliphatic rings. The fourth-order valence-electron chi connectivity index (χ4n) is 2.25. The Hall–Kier alpha value is -3.01. The minimum Gasteiger partial charge on any atom is -0.319 e. The summed E-state index contributed by atoms with van der Waals surface area (Å²) < 4.78 is 0. The Morgan fingerprint density at radius 2 is 1.54 bits per heavy atom. The summed E-state index contributed by atoms with van der Waals surface area (Å²) in [6.07, 6.45) is 2.50. The summed E-state index contributed by atoms with van der Waals surface area (Å²) in [5.41, 5.74) is 3.21. The molecule has 0 aromatic heterocycles. The number of ketones is 2. The predicted molar refractivity (Wildman–Crippen MR) is 94.7 cm³/mol. The van der Waals surface area contributed by atoms with E-state index in [0.717, 1.165) is 16.7 Å². The fourth-order valence-corrected chi connectivity index (χ4v) is 2.25. The van der Waals surface area contributed by atoms with Crippen molar-refractivity contribution >= 4 is 29.2 Å². The van der Waals surface area contributed by atoms with Gasteiger partial charge in [0.1, 0.15) is 0 Å². The Balaban J connectivity index is 1.95. The fraction of sp³-hybridized carbons (Fsp3) is 0.150. The van der Waals surface area contributed by atoms with Crippen molar-refractivity contribution in [3.63, 3.8) is 0 Å². The van der Waals surface area contributed by atoms with Crippen molar-refractivity contribution in [2.45, 2.75) is 20.3 Å². The summed E-state index contributed by atoms with van der Waals surface area (Å²) in [4.78, 5) is 35.7. The van der Waals surface area contributed by atoms with Crippen molar-refractivity contribution in [2.24, 2.45) is 0 Å². The van der Waals surface area contributed by atoms with Crippen LogP contribution in [0, 0.1) is 13.8 Å². The van der Waals surface area contributed by atoms with E-state index in [1.807, 2.05) is 62.4 Å². The third-order valence-corrected chi connectivity index (χ3v) is 3.57. The second kappa shape index (κ2) is 8.02. The second-order valence-electron chi connectivity index (χ2n) is 5.53. The first-order chi connectivity index (χ1) is 11.5. The summed E-state index contributed by atoms with van der Waals surface area (Å²) in [7, 11) is 0. The molecule has 24 heavy (non-hydrogen) atoms. The lowest BCUT2D eigenvalue weighted by Gasteiger charge is -2.10. The number of Topliss-reactive ketones (excluding diaryl/α,β-unsaturated/α-hetero) is 1. The van der Waals surface area contributed by atoms with E-state index in [2.05, 4.69) is 5.32 Å². The Kier molecular flexibility index (Phi) is 5.79. The van der Waals surface area contributed by atoms with Gasteiger partial charge in [-0.2, -0.15) is 0 Å². The lowest BCUT2D eigenvalue weighted by atomic mass is 10.1. The molecule has 0 saturated heterocycles. The minimum absolute atomic E-state index is 0.402. The highest BCUT2D eigenvalue weighted by molar-refractivity contribution is 6.43. The van der Waals surface area contributed by atoms with Crippen LogP contribution in [-0.4, -0.2) is 17.5 Å². The number of allylic oxidation sites excluding steroid dienone is 1. The van der Waals surface area contributed by atoms with Gasteiger partial charge in [0.25, 0.3) is 5.91 Å². The quantitative estimate of drug-likeness (QED) is 0.503. The smallest absolute Gasteiger partial charge is 0.292 e. The summed E-state index contributed by atoms with van der Waals surface area (Å²) in [5.74, 6) is -1.92. The number of benzene rings is 2. The number of rotatable bonds is 6. The van der Waals surface area contributed by atoms with E-state index in [4.69, 9.17) is 0 Å². The summed E-state index contributed by atoms with van der Waals surface area (Å²) in [6.45, 7) is 3.70. The summed E-state index contributed by atoms with van der Waals surface area (Å²) in [6, 6.07) is 14.8. The highest BCUT2D eigenvalue weighted by Gasteiger charge is 2.18. The summed E-state index contributed by atoms with van der Waals surface area (Å²) >= 11 is 0. The Bertz CT molecular complexity index is 772. The molecule has 0 radical (unpaired) electrons. The van der Waals surface area contributed by atoms with Gasteiger partial charge in [-0.1, -0.05) is 54.6 Å². The topological polar surface area (TPSA) is 63.2 Å². The van der Waals surface area contributed by atoms with Gasteiger partial charge < -0.3 is 5.32 Å². The highest BCUT2D eigenvalue weighted by atomic mass is 16.2. The normalized spacial score (nSPS) is 10.6. The molecule has 0 spiro atoms. The van der Waals surface area contributed by atoms with Crippen molar-refractivity contribution < 1.29 is 14.4 Å².